The van der Waals surface area contributed by atoms with Gasteiger partial charge in [0.25, 0.3) is 0 Å². The Morgan fingerprint density at radius 2 is 2.05 bits per heavy atom. The van der Waals surface area contributed by atoms with Crippen molar-refractivity contribution in [1.29, 1.82) is 0 Å². The van der Waals surface area contributed by atoms with Gasteiger partial charge in [-0.15, -0.1) is 0 Å². The molecule has 2 unspecified atom stereocenters. The van der Waals surface area contributed by atoms with Gasteiger partial charge in [-0.05, 0) is 20.8 Å². The Labute approximate surface area is 114 Å². The second-order valence-corrected chi connectivity index (χ2v) is 6.11. The topological polar surface area (TPSA) is 76.7 Å². The third-order valence-corrected chi connectivity index (χ3v) is 3.08. The highest BCUT2D eigenvalue weighted by Crippen LogP contribution is 2.34. The summed E-state index contributed by atoms with van der Waals surface area (Å²) in [6.07, 6.45) is 0.0501. The van der Waals surface area contributed by atoms with Gasteiger partial charge in [0, 0.05) is 18.0 Å². The summed E-state index contributed by atoms with van der Waals surface area (Å²) >= 11 is 0. The van der Waals surface area contributed by atoms with E-state index in [2.05, 4.69) is 10.6 Å². The van der Waals surface area contributed by atoms with Crippen molar-refractivity contribution in [3.8, 4) is 0 Å². The number of ether oxygens (including phenoxy) is 2. The van der Waals surface area contributed by atoms with Crippen LogP contribution in [0.1, 0.15) is 34.6 Å². The van der Waals surface area contributed by atoms with E-state index in [9.17, 15) is 9.59 Å². The summed E-state index contributed by atoms with van der Waals surface area (Å²) in [6.45, 7) is 10.1. The SMILES string of the molecule is CC(CNC(=O)C1OC(C)(C)OCC1(C)C)NC=O. The molecule has 0 aromatic carbocycles. The van der Waals surface area contributed by atoms with Crippen molar-refractivity contribution >= 4 is 12.3 Å². The minimum atomic E-state index is -0.760. The molecule has 2 N–H and O–H groups in total. The first-order valence-electron chi connectivity index (χ1n) is 6.47. The van der Waals surface area contributed by atoms with E-state index >= 15 is 0 Å². The van der Waals surface area contributed by atoms with Crippen molar-refractivity contribution in [2.24, 2.45) is 5.41 Å². The molecule has 1 saturated heterocycles. The van der Waals surface area contributed by atoms with Crippen LogP contribution in [-0.4, -0.2) is 43.4 Å². The third-order valence-electron chi connectivity index (χ3n) is 3.08. The summed E-state index contributed by atoms with van der Waals surface area (Å²) in [6, 6.07) is -0.114. The minimum Gasteiger partial charge on any atom is -0.354 e. The molecule has 1 heterocycles. The number of carbonyl (C=O) groups excluding carboxylic acids is 2. The summed E-state index contributed by atoms with van der Waals surface area (Å²) in [5, 5.41) is 5.37. The number of rotatable bonds is 5. The molecule has 2 atom stereocenters. The van der Waals surface area contributed by atoms with Crippen molar-refractivity contribution < 1.29 is 19.1 Å². The monoisotopic (exact) mass is 272 g/mol. The van der Waals surface area contributed by atoms with E-state index in [1.807, 2.05) is 20.8 Å². The zero-order chi connectivity index (χ0) is 14.7. The summed E-state index contributed by atoms with van der Waals surface area (Å²) in [7, 11) is 0. The Hall–Kier alpha value is -1.14. The molecule has 1 fully saturated rings. The van der Waals surface area contributed by atoms with Gasteiger partial charge < -0.3 is 20.1 Å². The van der Waals surface area contributed by atoms with Crippen LogP contribution in [0.15, 0.2) is 0 Å². The molecule has 2 amide bonds. The number of carbonyl (C=O) groups is 2. The summed E-state index contributed by atoms with van der Waals surface area (Å²) in [5.74, 6) is -0.939. The second-order valence-electron chi connectivity index (χ2n) is 6.11. The van der Waals surface area contributed by atoms with E-state index < -0.39 is 11.9 Å². The average molecular weight is 272 g/mol. The standard InChI is InChI=1S/C13H24N2O4/c1-9(15-8-16)6-14-11(17)10-12(2,3)7-18-13(4,5)19-10/h8-10H,6-7H2,1-5H3,(H,14,17)(H,15,16). The lowest BCUT2D eigenvalue weighted by Crippen LogP contribution is -2.57. The van der Waals surface area contributed by atoms with Gasteiger partial charge in [0.1, 0.15) is 6.10 Å². The van der Waals surface area contributed by atoms with Crippen molar-refractivity contribution in [2.75, 3.05) is 13.2 Å². The molecular weight excluding hydrogens is 248 g/mol. The van der Waals surface area contributed by atoms with E-state index in [1.165, 1.54) is 0 Å². The highest BCUT2D eigenvalue weighted by molar-refractivity contribution is 5.81. The molecule has 1 aliphatic heterocycles. The maximum atomic E-state index is 12.2. The maximum absolute atomic E-state index is 12.2. The molecule has 6 heteroatoms. The molecular formula is C13H24N2O4. The molecule has 0 aromatic rings. The van der Waals surface area contributed by atoms with Gasteiger partial charge in [0.15, 0.2) is 5.79 Å². The zero-order valence-electron chi connectivity index (χ0n) is 12.3. The Morgan fingerprint density at radius 3 is 2.63 bits per heavy atom. The van der Waals surface area contributed by atoms with Crippen LogP contribution in [-0.2, 0) is 19.1 Å². The molecule has 0 saturated carbocycles. The fourth-order valence-electron chi connectivity index (χ4n) is 1.84. The van der Waals surface area contributed by atoms with Gasteiger partial charge in [-0.3, -0.25) is 9.59 Å². The van der Waals surface area contributed by atoms with Crippen LogP contribution >= 0.6 is 0 Å². The highest BCUT2D eigenvalue weighted by atomic mass is 16.7. The average Bonchev–Trinajstić information content (AvgIpc) is 2.30. The zero-order valence-corrected chi connectivity index (χ0v) is 12.3. The van der Waals surface area contributed by atoms with Crippen molar-refractivity contribution in [3.05, 3.63) is 0 Å². The van der Waals surface area contributed by atoms with Crippen LogP contribution in [0.3, 0.4) is 0 Å². The molecule has 0 spiro atoms. The van der Waals surface area contributed by atoms with Crippen molar-refractivity contribution in [3.63, 3.8) is 0 Å². The smallest absolute Gasteiger partial charge is 0.249 e. The molecule has 19 heavy (non-hydrogen) atoms. The fraction of sp³-hybridized carbons (Fsp3) is 0.846. The number of hydrogen-bond donors (Lipinski definition) is 2. The Morgan fingerprint density at radius 1 is 1.42 bits per heavy atom. The quantitative estimate of drug-likeness (QED) is 0.711. The molecule has 1 aliphatic rings. The van der Waals surface area contributed by atoms with Crippen LogP contribution < -0.4 is 10.6 Å². The first-order chi connectivity index (χ1) is 8.68. The van der Waals surface area contributed by atoms with Crippen LogP contribution in [0.4, 0.5) is 0 Å². The lowest BCUT2D eigenvalue weighted by atomic mass is 9.85. The first-order valence-corrected chi connectivity index (χ1v) is 6.47. The van der Waals surface area contributed by atoms with Gasteiger partial charge >= 0.3 is 0 Å². The number of amides is 2. The summed E-state index contributed by atoms with van der Waals surface area (Å²) in [4.78, 5) is 22.5. The lowest BCUT2D eigenvalue weighted by Gasteiger charge is -2.44. The molecule has 1 rings (SSSR count). The largest absolute Gasteiger partial charge is 0.354 e. The fourth-order valence-corrected chi connectivity index (χ4v) is 1.84. The number of hydrogen-bond acceptors (Lipinski definition) is 4. The van der Waals surface area contributed by atoms with E-state index in [1.54, 1.807) is 13.8 Å². The minimum absolute atomic E-state index is 0.114. The van der Waals surface area contributed by atoms with Gasteiger partial charge in [-0.25, -0.2) is 0 Å². The van der Waals surface area contributed by atoms with Crippen molar-refractivity contribution in [2.45, 2.75) is 52.6 Å². The first kappa shape index (κ1) is 15.9. The predicted molar refractivity (Wildman–Crippen MR) is 70.4 cm³/mol. The van der Waals surface area contributed by atoms with Crippen LogP contribution in [0.5, 0.6) is 0 Å². The molecule has 0 aliphatic carbocycles. The van der Waals surface area contributed by atoms with Gasteiger partial charge in [0.05, 0.1) is 6.61 Å². The molecule has 0 bridgehead atoms. The Balaban J connectivity index is 2.60. The highest BCUT2D eigenvalue weighted by Gasteiger charge is 2.45. The van der Waals surface area contributed by atoms with Crippen LogP contribution in [0.2, 0.25) is 0 Å². The Kier molecular flexibility index (Phi) is 4.92. The van der Waals surface area contributed by atoms with Gasteiger partial charge in [-0.2, -0.15) is 0 Å². The van der Waals surface area contributed by atoms with Gasteiger partial charge in [-0.1, -0.05) is 13.8 Å². The predicted octanol–water partition coefficient (Wildman–Crippen LogP) is 0.415. The number of nitrogens with one attached hydrogen (secondary N) is 2. The molecule has 0 aromatic heterocycles. The molecule has 0 radical (unpaired) electrons. The molecule has 110 valence electrons. The van der Waals surface area contributed by atoms with Crippen LogP contribution in [0, 0.1) is 5.41 Å². The van der Waals surface area contributed by atoms with E-state index in [0.29, 0.717) is 19.6 Å². The Bertz CT molecular complexity index is 342. The maximum Gasteiger partial charge on any atom is 0.249 e. The summed E-state index contributed by atoms with van der Waals surface area (Å²) in [5.41, 5.74) is -0.388. The molecule has 6 nitrogen and oxygen atoms in total. The third kappa shape index (κ3) is 4.47. The van der Waals surface area contributed by atoms with E-state index in [0.717, 1.165) is 0 Å². The second kappa shape index (κ2) is 5.88. The van der Waals surface area contributed by atoms with E-state index in [-0.39, 0.29) is 17.4 Å². The van der Waals surface area contributed by atoms with Gasteiger partial charge in [0.2, 0.25) is 12.3 Å². The van der Waals surface area contributed by atoms with E-state index in [4.69, 9.17) is 9.47 Å². The normalized spacial score (nSPS) is 26.3. The lowest BCUT2D eigenvalue weighted by molar-refractivity contribution is -0.304. The van der Waals surface area contributed by atoms with Crippen molar-refractivity contribution in [1.82, 2.24) is 10.6 Å². The van der Waals surface area contributed by atoms with Crippen LogP contribution in [0.25, 0.3) is 0 Å². The summed E-state index contributed by atoms with van der Waals surface area (Å²) < 4.78 is 11.3.